The van der Waals surface area contributed by atoms with Crippen molar-refractivity contribution in [1.29, 1.82) is 0 Å². The van der Waals surface area contributed by atoms with Crippen molar-refractivity contribution in [3.63, 3.8) is 0 Å². The third-order valence-corrected chi connectivity index (χ3v) is 5.67. The highest BCUT2D eigenvalue weighted by atomic mass is 35.5. The largest absolute Gasteiger partial charge is 0.465 e. The molecule has 0 aromatic heterocycles. The van der Waals surface area contributed by atoms with Gasteiger partial charge in [0, 0.05) is 5.69 Å². The number of anilines is 2. The van der Waals surface area contributed by atoms with E-state index in [1.165, 1.54) is 61.7 Å². The first-order chi connectivity index (χ1) is 16.8. The number of nitrogens with one attached hydrogen (secondary N) is 1. The molecule has 1 aliphatic heterocycles. The lowest BCUT2D eigenvalue weighted by Crippen LogP contribution is -2.32. The van der Waals surface area contributed by atoms with Crippen LogP contribution in [0.15, 0.2) is 83.5 Å². The van der Waals surface area contributed by atoms with Crippen LogP contribution in [0.5, 0.6) is 5.75 Å². The van der Waals surface area contributed by atoms with Gasteiger partial charge in [-0.25, -0.2) is 14.5 Å². The fourth-order valence-corrected chi connectivity index (χ4v) is 3.67. The summed E-state index contributed by atoms with van der Waals surface area (Å²) in [6, 6.07) is 18.3. The number of benzene rings is 3. The predicted molar refractivity (Wildman–Crippen MR) is 130 cm³/mol. The van der Waals surface area contributed by atoms with E-state index >= 15 is 0 Å². The minimum absolute atomic E-state index is 0.113. The highest BCUT2D eigenvalue weighted by Gasteiger charge is 2.39. The first kappa shape index (κ1) is 24.0. The van der Waals surface area contributed by atoms with E-state index in [4.69, 9.17) is 27.9 Å². The van der Waals surface area contributed by atoms with E-state index in [1.54, 1.807) is 18.2 Å². The molecule has 1 heterocycles. The van der Waals surface area contributed by atoms with E-state index in [2.05, 4.69) is 10.1 Å². The monoisotopic (exact) mass is 510 g/mol. The molecular formula is C25H16Cl2N2O6. The summed E-state index contributed by atoms with van der Waals surface area (Å²) in [7, 11) is 1.27. The summed E-state index contributed by atoms with van der Waals surface area (Å²) >= 11 is 12.3. The van der Waals surface area contributed by atoms with E-state index < -0.39 is 23.8 Å². The van der Waals surface area contributed by atoms with Gasteiger partial charge in [0.1, 0.15) is 16.5 Å². The van der Waals surface area contributed by atoms with E-state index in [9.17, 15) is 19.2 Å². The van der Waals surface area contributed by atoms with Crippen LogP contribution in [0, 0.1) is 0 Å². The Morgan fingerprint density at radius 2 is 1.40 bits per heavy atom. The molecule has 0 saturated carbocycles. The van der Waals surface area contributed by atoms with Crippen molar-refractivity contribution in [2.45, 2.75) is 0 Å². The normalized spacial score (nSPS) is 13.2. The third-order valence-electron chi connectivity index (χ3n) is 5.00. The summed E-state index contributed by atoms with van der Waals surface area (Å²) in [4.78, 5) is 50.3. The number of methoxy groups -OCH3 is 1. The second-order valence-corrected chi connectivity index (χ2v) is 7.98. The van der Waals surface area contributed by atoms with E-state index in [-0.39, 0.29) is 32.8 Å². The summed E-state index contributed by atoms with van der Waals surface area (Å²) < 4.78 is 9.93. The first-order valence-corrected chi connectivity index (χ1v) is 10.9. The van der Waals surface area contributed by atoms with Crippen LogP contribution in [-0.4, -0.2) is 30.9 Å². The van der Waals surface area contributed by atoms with Crippen LogP contribution in [0.3, 0.4) is 0 Å². The Bertz CT molecular complexity index is 1370. The fraction of sp³-hybridized carbons (Fsp3) is 0.0400. The van der Waals surface area contributed by atoms with Crippen LogP contribution in [0.25, 0.3) is 0 Å². The van der Waals surface area contributed by atoms with Crippen molar-refractivity contribution in [2.75, 3.05) is 17.3 Å². The molecule has 0 fully saturated rings. The zero-order chi connectivity index (χ0) is 25.1. The molecule has 0 bridgehead atoms. The van der Waals surface area contributed by atoms with Gasteiger partial charge in [-0.05, 0) is 60.7 Å². The number of hydrogen-bond donors (Lipinski definition) is 1. The molecule has 2 amide bonds. The van der Waals surface area contributed by atoms with E-state index in [0.717, 1.165) is 4.90 Å². The number of rotatable bonds is 6. The zero-order valence-corrected chi connectivity index (χ0v) is 19.6. The lowest BCUT2D eigenvalue weighted by atomic mass is 10.2. The van der Waals surface area contributed by atoms with Crippen molar-refractivity contribution in [3.05, 3.63) is 99.7 Å². The first-order valence-electron chi connectivity index (χ1n) is 10.1. The van der Waals surface area contributed by atoms with Crippen molar-refractivity contribution in [1.82, 2.24) is 0 Å². The molecule has 4 rings (SSSR count). The summed E-state index contributed by atoms with van der Waals surface area (Å²) in [5.41, 5.74) is 1.08. The van der Waals surface area contributed by atoms with Gasteiger partial charge in [-0.15, -0.1) is 0 Å². The molecule has 176 valence electrons. The lowest BCUT2D eigenvalue weighted by molar-refractivity contribution is -0.120. The van der Waals surface area contributed by atoms with Gasteiger partial charge in [-0.1, -0.05) is 35.3 Å². The number of amides is 2. The number of carbonyl (C=O) groups is 4. The number of ether oxygens (including phenoxy) is 2. The quantitative estimate of drug-likeness (QED) is 0.289. The van der Waals surface area contributed by atoms with E-state index in [0.29, 0.717) is 11.3 Å². The van der Waals surface area contributed by atoms with Gasteiger partial charge in [-0.3, -0.25) is 9.59 Å². The van der Waals surface area contributed by atoms with Crippen LogP contribution in [0.1, 0.15) is 20.7 Å². The predicted octanol–water partition coefficient (Wildman–Crippen LogP) is 4.78. The molecule has 0 unspecified atom stereocenters. The second kappa shape index (κ2) is 10.0. The fourth-order valence-electron chi connectivity index (χ4n) is 3.24. The molecule has 1 aliphatic rings. The highest BCUT2D eigenvalue weighted by molar-refractivity contribution is 6.53. The maximum Gasteiger partial charge on any atom is 0.343 e. The molecule has 35 heavy (non-hydrogen) atoms. The lowest BCUT2D eigenvalue weighted by Gasteiger charge is -2.16. The molecule has 0 saturated heterocycles. The Kier molecular flexibility index (Phi) is 6.86. The van der Waals surface area contributed by atoms with Crippen molar-refractivity contribution >= 4 is 58.3 Å². The SMILES string of the molecule is COC(=O)c1ccc(OC(=O)c2ccc(NC3=C(Cl)C(=O)N(c4ccccc4Cl)C3=O)cc2)cc1. The molecule has 1 N–H and O–H groups in total. The van der Waals surface area contributed by atoms with E-state index in [1.807, 2.05) is 0 Å². The molecule has 8 nitrogen and oxygen atoms in total. The summed E-state index contributed by atoms with van der Waals surface area (Å²) in [5, 5.41) is 2.77. The number of imide groups is 1. The van der Waals surface area contributed by atoms with Crippen LogP contribution in [0.4, 0.5) is 11.4 Å². The number of hydrogen-bond acceptors (Lipinski definition) is 7. The van der Waals surface area contributed by atoms with Gasteiger partial charge in [0.15, 0.2) is 0 Å². The number of esters is 2. The maximum absolute atomic E-state index is 12.9. The third kappa shape index (κ3) is 4.89. The topological polar surface area (TPSA) is 102 Å². The molecule has 3 aromatic carbocycles. The molecule has 10 heteroatoms. The molecule has 0 spiro atoms. The average molecular weight is 511 g/mol. The standard InChI is InChI=1S/C25H16Cl2N2O6/c1-34-24(32)14-8-12-17(13-9-14)35-25(33)15-6-10-16(11-7-15)28-21-20(27)22(30)29(23(21)31)19-5-3-2-4-18(19)26/h2-13,28H,1H3. The number of halogens is 2. The van der Waals surface area contributed by atoms with Crippen molar-refractivity contribution in [2.24, 2.45) is 0 Å². The van der Waals surface area contributed by atoms with Crippen LogP contribution < -0.4 is 15.0 Å². The second-order valence-electron chi connectivity index (χ2n) is 7.19. The number of carbonyl (C=O) groups excluding carboxylic acids is 4. The van der Waals surface area contributed by atoms with Gasteiger partial charge in [0.05, 0.1) is 28.9 Å². The van der Waals surface area contributed by atoms with Gasteiger partial charge < -0.3 is 14.8 Å². The van der Waals surface area contributed by atoms with Crippen LogP contribution in [-0.2, 0) is 14.3 Å². The highest BCUT2D eigenvalue weighted by Crippen LogP contribution is 2.34. The number of nitrogens with zero attached hydrogens (tertiary/aromatic N) is 1. The molecule has 3 aromatic rings. The summed E-state index contributed by atoms with van der Waals surface area (Å²) in [5.74, 6) is -2.25. The van der Waals surface area contributed by atoms with Crippen molar-refractivity contribution < 1.29 is 28.7 Å². The van der Waals surface area contributed by atoms with Gasteiger partial charge in [0.25, 0.3) is 11.8 Å². The van der Waals surface area contributed by atoms with Gasteiger partial charge in [0.2, 0.25) is 0 Å². The minimum atomic E-state index is -0.703. The Morgan fingerprint density at radius 1 is 0.800 bits per heavy atom. The minimum Gasteiger partial charge on any atom is -0.465 e. The zero-order valence-electron chi connectivity index (χ0n) is 18.1. The molecule has 0 atom stereocenters. The molecular weight excluding hydrogens is 495 g/mol. The Labute approximate surface area is 209 Å². The number of para-hydroxylation sites is 1. The maximum atomic E-state index is 12.9. The molecule has 0 aliphatic carbocycles. The molecule has 0 radical (unpaired) electrons. The van der Waals surface area contributed by atoms with Crippen molar-refractivity contribution in [3.8, 4) is 5.75 Å². The van der Waals surface area contributed by atoms with Crippen LogP contribution >= 0.6 is 23.2 Å². The smallest absolute Gasteiger partial charge is 0.343 e. The average Bonchev–Trinajstić information content (AvgIpc) is 3.07. The van der Waals surface area contributed by atoms with Gasteiger partial charge in [-0.2, -0.15) is 0 Å². The summed E-state index contributed by atoms with van der Waals surface area (Å²) in [6.45, 7) is 0. The van der Waals surface area contributed by atoms with Crippen LogP contribution in [0.2, 0.25) is 5.02 Å². The Hall–Kier alpha value is -4.14. The summed E-state index contributed by atoms with van der Waals surface area (Å²) in [6.07, 6.45) is 0. The Morgan fingerprint density at radius 3 is 2.03 bits per heavy atom. The Balaban J connectivity index is 1.45. The van der Waals surface area contributed by atoms with Gasteiger partial charge >= 0.3 is 11.9 Å².